The van der Waals surface area contributed by atoms with E-state index in [1.54, 1.807) is 0 Å². The molecule has 0 spiro atoms. The lowest BCUT2D eigenvalue weighted by molar-refractivity contribution is 0.143. The Bertz CT molecular complexity index is 862. The third kappa shape index (κ3) is 2.11. The van der Waals surface area contributed by atoms with Crippen molar-refractivity contribution >= 4 is 17.1 Å². The summed E-state index contributed by atoms with van der Waals surface area (Å²) in [5, 5.41) is 8.42. The van der Waals surface area contributed by atoms with Gasteiger partial charge in [0.1, 0.15) is 6.17 Å². The van der Waals surface area contributed by atoms with Gasteiger partial charge >= 0.3 is 6.16 Å². The van der Waals surface area contributed by atoms with E-state index in [-0.39, 0.29) is 22.9 Å². The van der Waals surface area contributed by atoms with Crippen LogP contribution in [-0.4, -0.2) is 22.0 Å². The van der Waals surface area contributed by atoms with Crippen LogP contribution >= 0.6 is 0 Å². The van der Waals surface area contributed by atoms with E-state index in [1.807, 2.05) is 0 Å². The van der Waals surface area contributed by atoms with Gasteiger partial charge in [0.25, 0.3) is 0 Å². The Morgan fingerprint density at radius 3 is 2.64 bits per heavy atom. The second-order valence-electron chi connectivity index (χ2n) is 5.11. The van der Waals surface area contributed by atoms with Crippen LogP contribution in [0.5, 0.6) is 5.75 Å². The second kappa shape index (κ2) is 4.75. The molecule has 0 radical (unpaired) electrons. The highest BCUT2D eigenvalue weighted by atomic mass is 19.2. The molecule has 1 N–H and O–H groups in total. The van der Waals surface area contributed by atoms with E-state index in [0.29, 0.717) is 0 Å². The minimum atomic E-state index is -1.73. The van der Waals surface area contributed by atoms with E-state index in [2.05, 4.69) is 4.74 Å². The van der Waals surface area contributed by atoms with Crippen molar-refractivity contribution in [3.63, 3.8) is 0 Å². The average Bonchev–Trinajstić information content (AvgIpc) is 3.15. The van der Waals surface area contributed by atoms with Crippen LogP contribution in [0.2, 0.25) is 0 Å². The van der Waals surface area contributed by atoms with E-state index < -0.39 is 41.2 Å². The number of carboxylic acid groups (broad SMARTS) is 1. The van der Waals surface area contributed by atoms with Crippen LogP contribution in [-0.2, 0) is 0 Å². The first-order chi connectivity index (χ1) is 10.3. The zero-order valence-electron chi connectivity index (χ0n) is 11.3. The van der Waals surface area contributed by atoms with Crippen LogP contribution in [0.25, 0.3) is 10.9 Å². The summed E-state index contributed by atoms with van der Waals surface area (Å²) in [7, 11) is 0. The molecule has 8 heteroatoms. The molecule has 2 atom stereocenters. The van der Waals surface area contributed by atoms with Gasteiger partial charge in [-0.3, -0.25) is 4.79 Å². The van der Waals surface area contributed by atoms with Gasteiger partial charge in [-0.05, 0) is 6.92 Å². The summed E-state index contributed by atoms with van der Waals surface area (Å²) in [6, 6.07) is 0.137. The monoisotopic (exact) mass is 313 g/mol. The minimum absolute atomic E-state index is 0.00397. The SMILES string of the molecule is Cc1c(F)c(F)cc2c1c(=O)c(OC(=O)O)cn2[C@@H]1C[C@@H]1F. The maximum atomic E-state index is 13.7. The molecule has 0 saturated heterocycles. The van der Waals surface area contributed by atoms with Gasteiger partial charge in [-0.1, -0.05) is 0 Å². The van der Waals surface area contributed by atoms with E-state index in [1.165, 1.54) is 11.5 Å². The highest BCUT2D eigenvalue weighted by Crippen LogP contribution is 2.41. The number of ether oxygens (including phenoxy) is 1. The van der Waals surface area contributed by atoms with Crippen LogP contribution in [0.1, 0.15) is 18.0 Å². The van der Waals surface area contributed by atoms with Crippen molar-refractivity contribution < 1.29 is 27.8 Å². The van der Waals surface area contributed by atoms with Gasteiger partial charge in [-0.15, -0.1) is 0 Å². The number of aryl methyl sites for hydroxylation is 1. The molecule has 0 aliphatic heterocycles. The zero-order valence-corrected chi connectivity index (χ0v) is 11.3. The normalized spacial score (nSPS) is 20.2. The minimum Gasteiger partial charge on any atom is -0.449 e. The van der Waals surface area contributed by atoms with Crippen molar-refractivity contribution in [1.29, 1.82) is 0 Å². The van der Waals surface area contributed by atoms with E-state index >= 15 is 0 Å². The van der Waals surface area contributed by atoms with Crippen molar-refractivity contribution in [3.8, 4) is 5.75 Å². The average molecular weight is 313 g/mol. The largest absolute Gasteiger partial charge is 0.511 e. The molecule has 3 rings (SSSR count). The fourth-order valence-corrected chi connectivity index (χ4v) is 2.49. The second-order valence-corrected chi connectivity index (χ2v) is 5.11. The molecular weight excluding hydrogens is 303 g/mol. The van der Waals surface area contributed by atoms with Gasteiger partial charge in [0, 0.05) is 18.1 Å². The maximum Gasteiger partial charge on any atom is 0.511 e. The summed E-state index contributed by atoms with van der Waals surface area (Å²) < 4.78 is 46.2. The van der Waals surface area contributed by atoms with Crippen molar-refractivity contribution in [3.05, 3.63) is 39.7 Å². The van der Waals surface area contributed by atoms with Crippen molar-refractivity contribution in [1.82, 2.24) is 4.57 Å². The molecule has 0 unspecified atom stereocenters. The van der Waals surface area contributed by atoms with Crippen molar-refractivity contribution in [2.75, 3.05) is 0 Å². The number of nitrogens with zero attached hydrogens (tertiary/aromatic N) is 1. The fourth-order valence-electron chi connectivity index (χ4n) is 2.49. The number of hydrogen-bond donors (Lipinski definition) is 1. The molecule has 1 saturated carbocycles. The number of pyridine rings is 1. The molecule has 1 aliphatic carbocycles. The summed E-state index contributed by atoms with van der Waals surface area (Å²) in [6.07, 6.45) is -1.77. The number of benzene rings is 1. The molecule has 1 aliphatic rings. The Labute approximate surface area is 121 Å². The van der Waals surface area contributed by atoms with Crippen LogP contribution in [0.15, 0.2) is 17.1 Å². The van der Waals surface area contributed by atoms with E-state index in [0.717, 1.165) is 12.3 Å². The lowest BCUT2D eigenvalue weighted by Crippen LogP contribution is -2.18. The summed E-state index contributed by atoms with van der Waals surface area (Å²) in [5.41, 5.74) is -1.16. The number of alkyl halides is 1. The number of halogens is 3. The van der Waals surface area contributed by atoms with Gasteiger partial charge in [0.05, 0.1) is 23.1 Å². The molecule has 5 nitrogen and oxygen atoms in total. The lowest BCUT2D eigenvalue weighted by atomic mass is 10.1. The maximum absolute atomic E-state index is 13.7. The molecule has 2 aromatic rings. The first-order valence-electron chi connectivity index (χ1n) is 6.39. The van der Waals surface area contributed by atoms with Crippen LogP contribution in [0, 0.1) is 18.6 Å². The standard InChI is InChI=1S/C14H10F3NO4/c1-5-11-9(3-7(16)12(5)17)18(8-2-6(8)15)4-10(13(11)19)22-14(20)21/h3-4,6,8H,2H2,1H3,(H,20,21)/t6-,8+/m0/s1. The van der Waals surface area contributed by atoms with E-state index in [9.17, 15) is 22.8 Å². The zero-order chi connectivity index (χ0) is 16.2. The number of aromatic nitrogens is 1. The molecule has 1 heterocycles. The fraction of sp³-hybridized carbons (Fsp3) is 0.286. The number of carbonyl (C=O) groups is 1. The predicted molar refractivity (Wildman–Crippen MR) is 70.1 cm³/mol. The Morgan fingerprint density at radius 2 is 2.09 bits per heavy atom. The molecule has 116 valence electrons. The summed E-state index contributed by atoms with van der Waals surface area (Å²) in [6.45, 7) is 1.19. The number of fused-ring (bicyclic) bond motifs is 1. The lowest BCUT2D eigenvalue weighted by Gasteiger charge is -2.14. The van der Waals surface area contributed by atoms with Gasteiger partial charge in [0.15, 0.2) is 17.4 Å². The predicted octanol–water partition coefficient (Wildman–Crippen LogP) is 2.93. The van der Waals surface area contributed by atoms with Crippen molar-refractivity contribution in [2.24, 2.45) is 0 Å². The van der Waals surface area contributed by atoms with Crippen molar-refractivity contribution in [2.45, 2.75) is 25.6 Å². The molecule has 0 amide bonds. The molecule has 1 aromatic carbocycles. The Hall–Kier alpha value is -2.51. The molecule has 0 bridgehead atoms. The Kier molecular flexibility index (Phi) is 3.12. The third-order valence-corrected chi connectivity index (χ3v) is 3.65. The molecule has 1 aromatic heterocycles. The summed E-state index contributed by atoms with van der Waals surface area (Å²) in [4.78, 5) is 22.9. The third-order valence-electron chi connectivity index (χ3n) is 3.65. The van der Waals surface area contributed by atoms with E-state index in [4.69, 9.17) is 5.11 Å². The molecule has 1 fully saturated rings. The topological polar surface area (TPSA) is 68.5 Å². The number of hydrogen-bond acceptors (Lipinski definition) is 3. The van der Waals surface area contributed by atoms with Gasteiger partial charge in [-0.25, -0.2) is 18.0 Å². The molecule has 22 heavy (non-hydrogen) atoms. The first-order valence-corrected chi connectivity index (χ1v) is 6.39. The van der Waals surface area contributed by atoms with Gasteiger partial charge in [-0.2, -0.15) is 0 Å². The van der Waals surface area contributed by atoms with Crippen LogP contribution < -0.4 is 10.2 Å². The summed E-state index contributed by atoms with van der Waals surface area (Å²) >= 11 is 0. The van der Waals surface area contributed by atoms with Gasteiger partial charge < -0.3 is 14.4 Å². The Morgan fingerprint density at radius 1 is 1.45 bits per heavy atom. The quantitative estimate of drug-likeness (QED) is 0.866. The highest BCUT2D eigenvalue weighted by molar-refractivity contribution is 5.84. The van der Waals surface area contributed by atoms with Gasteiger partial charge in [0.2, 0.25) is 5.43 Å². The van der Waals surface area contributed by atoms with Crippen LogP contribution in [0.3, 0.4) is 0 Å². The first kappa shape index (κ1) is 14.4. The molecular formula is C14H10F3NO4. The summed E-state index contributed by atoms with van der Waals surface area (Å²) in [5.74, 6) is -2.95. The number of rotatable bonds is 2. The van der Waals surface area contributed by atoms with Crippen LogP contribution in [0.4, 0.5) is 18.0 Å². The Balaban J connectivity index is 2.39. The highest BCUT2D eigenvalue weighted by Gasteiger charge is 2.40. The smallest absolute Gasteiger partial charge is 0.449 e.